The van der Waals surface area contributed by atoms with Crippen molar-refractivity contribution in [2.75, 3.05) is 0 Å². The van der Waals surface area contributed by atoms with Crippen LogP contribution in [0, 0.1) is 0 Å². The minimum atomic E-state index is -0.539. The minimum absolute atomic E-state index is 0.539. The Hall–Kier alpha value is -1.64. The van der Waals surface area contributed by atoms with Gasteiger partial charge in [-0.25, -0.2) is 0 Å². The highest BCUT2D eigenvalue weighted by Crippen LogP contribution is 2.33. The maximum Gasteiger partial charge on any atom is 0.105 e. The van der Waals surface area contributed by atoms with E-state index in [0.717, 1.165) is 22.9 Å². The molecular formula is C17H16OS. The smallest absolute Gasteiger partial charge is 0.105 e. The highest BCUT2D eigenvalue weighted by atomic mass is 32.1. The van der Waals surface area contributed by atoms with Gasteiger partial charge in [-0.15, -0.1) is 11.3 Å². The van der Waals surface area contributed by atoms with Gasteiger partial charge < -0.3 is 5.11 Å². The predicted octanol–water partition coefficient (Wildman–Crippen LogP) is 4.55. The first-order valence-corrected chi connectivity index (χ1v) is 7.40. The van der Waals surface area contributed by atoms with E-state index in [4.69, 9.17) is 0 Å². The molecule has 2 heteroatoms. The van der Waals surface area contributed by atoms with Crippen molar-refractivity contribution < 1.29 is 5.11 Å². The van der Waals surface area contributed by atoms with E-state index in [9.17, 15) is 5.11 Å². The maximum atomic E-state index is 10.6. The summed E-state index contributed by atoms with van der Waals surface area (Å²) >= 11 is 1.69. The van der Waals surface area contributed by atoms with Crippen molar-refractivity contribution in [1.82, 2.24) is 0 Å². The van der Waals surface area contributed by atoms with Crippen molar-refractivity contribution >= 4 is 21.4 Å². The number of benzene rings is 2. The summed E-state index contributed by atoms with van der Waals surface area (Å²) in [6.45, 7) is 2.13. The third-order valence-electron chi connectivity index (χ3n) is 3.48. The lowest BCUT2D eigenvalue weighted by atomic mass is 9.99. The van der Waals surface area contributed by atoms with Gasteiger partial charge in [0.05, 0.1) is 0 Å². The minimum Gasteiger partial charge on any atom is -0.384 e. The number of aliphatic hydroxyl groups is 1. The van der Waals surface area contributed by atoms with Crippen LogP contribution in [-0.4, -0.2) is 5.11 Å². The van der Waals surface area contributed by atoms with Gasteiger partial charge in [0.15, 0.2) is 0 Å². The number of aryl methyl sites for hydroxylation is 1. The lowest BCUT2D eigenvalue weighted by Gasteiger charge is -2.11. The van der Waals surface area contributed by atoms with Gasteiger partial charge in [0.25, 0.3) is 0 Å². The van der Waals surface area contributed by atoms with Crippen LogP contribution in [0.4, 0.5) is 0 Å². The van der Waals surface area contributed by atoms with Crippen molar-refractivity contribution in [3.63, 3.8) is 0 Å². The Morgan fingerprint density at radius 2 is 1.95 bits per heavy atom. The van der Waals surface area contributed by atoms with Crippen LogP contribution in [0.2, 0.25) is 0 Å². The van der Waals surface area contributed by atoms with Crippen LogP contribution in [0.15, 0.2) is 53.9 Å². The van der Waals surface area contributed by atoms with Crippen LogP contribution in [0.3, 0.4) is 0 Å². The summed E-state index contributed by atoms with van der Waals surface area (Å²) < 4.78 is 1.23. The molecule has 0 aliphatic heterocycles. The molecule has 0 bridgehead atoms. The summed E-state index contributed by atoms with van der Waals surface area (Å²) in [4.78, 5) is 0. The Morgan fingerprint density at radius 1 is 1.11 bits per heavy atom. The van der Waals surface area contributed by atoms with Crippen LogP contribution in [-0.2, 0) is 6.42 Å². The molecule has 1 N–H and O–H groups in total. The zero-order valence-corrected chi connectivity index (χ0v) is 11.7. The molecule has 1 aromatic heterocycles. The molecule has 3 rings (SSSR count). The van der Waals surface area contributed by atoms with Crippen LogP contribution in [0.25, 0.3) is 10.1 Å². The Labute approximate surface area is 117 Å². The Kier molecular flexibility index (Phi) is 3.36. The molecule has 2 aromatic carbocycles. The molecule has 96 valence electrons. The number of hydrogen-bond donors (Lipinski definition) is 1. The standard InChI is InChI=1S/C17H16OS/c1-2-12-6-5-7-13(10-12)17(18)15-11-19-16-9-4-3-8-14(15)16/h3-11,17-18H,2H2,1H3. The van der Waals surface area contributed by atoms with Crippen LogP contribution < -0.4 is 0 Å². The molecule has 1 unspecified atom stereocenters. The molecule has 0 radical (unpaired) electrons. The van der Waals surface area contributed by atoms with Gasteiger partial charge in [0, 0.05) is 10.3 Å². The van der Waals surface area contributed by atoms with Crippen molar-refractivity contribution in [3.05, 3.63) is 70.6 Å². The third kappa shape index (κ3) is 2.29. The van der Waals surface area contributed by atoms with Gasteiger partial charge in [-0.2, -0.15) is 0 Å². The van der Waals surface area contributed by atoms with Crippen molar-refractivity contribution in [2.24, 2.45) is 0 Å². The molecule has 0 aliphatic carbocycles. The zero-order valence-electron chi connectivity index (χ0n) is 10.8. The molecule has 1 heterocycles. The second-order valence-electron chi connectivity index (χ2n) is 4.69. The fourth-order valence-corrected chi connectivity index (χ4v) is 3.35. The fourth-order valence-electron chi connectivity index (χ4n) is 2.37. The van der Waals surface area contributed by atoms with E-state index < -0.39 is 6.10 Å². The molecular weight excluding hydrogens is 252 g/mol. The maximum absolute atomic E-state index is 10.6. The van der Waals surface area contributed by atoms with E-state index in [-0.39, 0.29) is 0 Å². The van der Waals surface area contributed by atoms with E-state index in [1.807, 2.05) is 24.3 Å². The molecule has 3 aromatic rings. The summed E-state index contributed by atoms with van der Waals surface area (Å²) in [6, 6.07) is 16.4. The topological polar surface area (TPSA) is 20.2 Å². The van der Waals surface area contributed by atoms with E-state index in [2.05, 4.69) is 36.6 Å². The Morgan fingerprint density at radius 3 is 2.79 bits per heavy atom. The summed E-state index contributed by atoms with van der Waals surface area (Å²) in [6.07, 6.45) is 0.452. The molecule has 0 saturated carbocycles. The lowest BCUT2D eigenvalue weighted by molar-refractivity contribution is 0.222. The summed E-state index contributed by atoms with van der Waals surface area (Å²) in [7, 11) is 0. The van der Waals surface area contributed by atoms with Gasteiger partial charge in [-0.3, -0.25) is 0 Å². The summed E-state index contributed by atoms with van der Waals surface area (Å²) in [5.74, 6) is 0. The van der Waals surface area contributed by atoms with E-state index in [0.29, 0.717) is 0 Å². The van der Waals surface area contributed by atoms with Crippen molar-refractivity contribution in [1.29, 1.82) is 0 Å². The molecule has 19 heavy (non-hydrogen) atoms. The monoisotopic (exact) mass is 268 g/mol. The summed E-state index contributed by atoms with van der Waals surface area (Å²) in [5.41, 5.74) is 3.24. The lowest BCUT2D eigenvalue weighted by Crippen LogP contribution is -1.99. The van der Waals surface area contributed by atoms with Gasteiger partial charge in [0.2, 0.25) is 0 Å². The molecule has 1 nitrogen and oxygen atoms in total. The van der Waals surface area contributed by atoms with E-state index in [1.54, 1.807) is 11.3 Å². The first-order chi connectivity index (χ1) is 9.29. The number of hydrogen-bond acceptors (Lipinski definition) is 2. The number of fused-ring (bicyclic) bond motifs is 1. The van der Waals surface area contributed by atoms with Gasteiger partial charge in [0.1, 0.15) is 6.10 Å². The van der Waals surface area contributed by atoms with E-state index in [1.165, 1.54) is 10.3 Å². The van der Waals surface area contributed by atoms with Crippen LogP contribution in [0.1, 0.15) is 29.7 Å². The van der Waals surface area contributed by atoms with Crippen molar-refractivity contribution in [3.8, 4) is 0 Å². The quantitative estimate of drug-likeness (QED) is 0.739. The van der Waals surface area contributed by atoms with Gasteiger partial charge in [-0.05, 0) is 34.4 Å². The highest BCUT2D eigenvalue weighted by molar-refractivity contribution is 7.17. The molecule has 0 fully saturated rings. The van der Waals surface area contributed by atoms with Gasteiger partial charge >= 0.3 is 0 Å². The largest absolute Gasteiger partial charge is 0.384 e. The van der Waals surface area contributed by atoms with Gasteiger partial charge in [-0.1, -0.05) is 49.4 Å². The molecule has 1 atom stereocenters. The Balaban J connectivity index is 2.05. The van der Waals surface area contributed by atoms with E-state index >= 15 is 0 Å². The first kappa shape index (κ1) is 12.4. The zero-order chi connectivity index (χ0) is 13.2. The Bertz CT molecular complexity index is 699. The third-order valence-corrected chi connectivity index (χ3v) is 4.46. The second-order valence-corrected chi connectivity index (χ2v) is 5.60. The highest BCUT2D eigenvalue weighted by Gasteiger charge is 2.15. The number of rotatable bonds is 3. The first-order valence-electron chi connectivity index (χ1n) is 6.52. The average Bonchev–Trinajstić information content (AvgIpc) is 2.90. The number of thiophene rings is 1. The van der Waals surface area contributed by atoms with Crippen LogP contribution in [0.5, 0.6) is 0 Å². The van der Waals surface area contributed by atoms with Crippen LogP contribution >= 0.6 is 11.3 Å². The molecule has 0 aliphatic rings. The molecule has 0 amide bonds. The molecule has 0 saturated heterocycles. The predicted molar refractivity (Wildman–Crippen MR) is 81.7 cm³/mol. The second kappa shape index (κ2) is 5.16. The molecule has 0 spiro atoms. The summed E-state index contributed by atoms with van der Waals surface area (Å²) in [5, 5.41) is 13.8. The van der Waals surface area contributed by atoms with Crippen molar-refractivity contribution in [2.45, 2.75) is 19.4 Å². The fraction of sp³-hybridized carbons (Fsp3) is 0.176. The number of aliphatic hydroxyl groups excluding tert-OH is 1. The normalized spacial score (nSPS) is 12.7. The average molecular weight is 268 g/mol. The SMILES string of the molecule is CCc1cccc(C(O)c2csc3ccccc23)c1.